The molecule has 8 nitrogen and oxygen atoms in total. The maximum atomic E-state index is 11.8. The number of hydrogen-bond donors (Lipinski definition) is 1. The fourth-order valence-corrected chi connectivity index (χ4v) is 1.29. The fourth-order valence-electron chi connectivity index (χ4n) is 1.29. The van der Waals surface area contributed by atoms with E-state index in [-0.39, 0.29) is 11.9 Å². The number of hydrogen-bond acceptors (Lipinski definition) is 6. The number of amides is 1. The SMILES string of the molecule is COCCn1nnnc1NC(=O)c1ccccn1. The molecule has 18 heavy (non-hydrogen) atoms. The largest absolute Gasteiger partial charge is 0.383 e. The third-order valence-corrected chi connectivity index (χ3v) is 2.16. The van der Waals surface area contributed by atoms with Gasteiger partial charge >= 0.3 is 0 Å². The van der Waals surface area contributed by atoms with Crippen LogP contribution in [0.2, 0.25) is 0 Å². The molecule has 0 saturated carbocycles. The number of ether oxygens (including phenoxy) is 1. The Bertz CT molecular complexity index is 512. The van der Waals surface area contributed by atoms with Crippen LogP contribution in [0.25, 0.3) is 0 Å². The molecule has 0 fully saturated rings. The first-order valence-electron chi connectivity index (χ1n) is 5.28. The molecule has 0 spiro atoms. The first kappa shape index (κ1) is 12.1. The van der Waals surface area contributed by atoms with E-state index in [1.54, 1.807) is 31.5 Å². The molecule has 2 aromatic heterocycles. The Morgan fingerprint density at radius 1 is 1.50 bits per heavy atom. The molecule has 0 aliphatic carbocycles. The average Bonchev–Trinajstić information content (AvgIpc) is 2.84. The molecule has 94 valence electrons. The molecule has 8 heteroatoms. The minimum absolute atomic E-state index is 0.266. The molecule has 2 rings (SSSR count). The molecule has 0 unspecified atom stereocenters. The van der Waals surface area contributed by atoms with E-state index in [0.717, 1.165) is 0 Å². The van der Waals surface area contributed by atoms with E-state index in [4.69, 9.17) is 4.74 Å². The summed E-state index contributed by atoms with van der Waals surface area (Å²) in [5, 5.41) is 13.5. The van der Waals surface area contributed by atoms with Gasteiger partial charge in [-0.2, -0.15) is 0 Å². The average molecular weight is 248 g/mol. The third kappa shape index (κ3) is 2.86. The zero-order valence-electron chi connectivity index (χ0n) is 9.78. The van der Waals surface area contributed by atoms with Crippen molar-refractivity contribution in [2.75, 3.05) is 19.0 Å². The van der Waals surface area contributed by atoms with Gasteiger partial charge in [0, 0.05) is 13.3 Å². The number of tetrazole rings is 1. The first-order chi connectivity index (χ1) is 8.81. The monoisotopic (exact) mass is 248 g/mol. The lowest BCUT2D eigenvalue weighted by Gasteiger charge is -2.04. The Balaban J connectivity index is 2.05. The van der Waals surface area contributed by atoms with Crippen LogP contribution in [0.5, 0.6) is 0 Å². The number of rotatable bonds is 5. The standard InChI is InChI=1S/C10H12N6O2/c1-18-7-6-16-10(13-14-15-16)12-9(17)8-4-2-3-5-11-8/h2-5H,6-7H2,1H3,(H,12,13,15,17). The quantitative estimate of drug-likeness (QED) is 0.798. The zero-order chi connectivity index (χ0) is 12.8. The van der Waals surface area contributed by atoms with E-state index < -0.39 is 0 Å². The van der Waals surface area contributed by atoms with Crippen molar-refractivity contribution in [3.05, 3.63) is 30.1 Å². The first-order valence-corrected chi connectivity index (χ1v) is 5.28. The van der Waals surface area contributed by atoms with Crippen LogP contribution in [0.4, 0.5) is 5.95 Å². The summed E-state index contributed by atoms with van der Waals surface area (Å²) in [4.78, 5) is 15.8. The van der Waals surface area contributed by atoms with Gasteiger partial charge in [-0.3, -0.25) is 15.1 Å². The molecule has 0 bridgehead atoms. The van der Waals surface area contributed by atoms with E-state index >= 15 is 0 Å². The highest BCUT2D eigenvalue weighted by Gasteiger charge is 2.12. The fraction of sp³-hybridized carbons (Fsp3) is 0.300. The van der Waals surface area contributed by atoms with Crippen LogP contribution >= 0.6 is 0 Å². The molecule has 1 amide bonds. The normalized spacial score (nSPS) is 10.3. The highest BCUT2D eigenvalue weighted by Crippen LogP contribution is 2.02. The summed E-state index contributed by atoms with van der Waals surface area (Å²) in [6, 6.07) is 5.08. The predicted octanol–water partition coefficient (Wildman–Crippen LogP) is -0.0332. The molecular weight excluding hydrogens is 236 g/mol. The van der Waals surface area contributed by atoms with Gasteiger partial charge in [0.05, 0.1) is 13.2 Å². The van der Waals surface area contributed by atoms with E-state index in [0.29, 0.717) is 18.8 Å². The van der Waals surface area contributed by atoms with Crippen LogP contribution in [0, 0.1) is 0 Å². The van der Waals surface area contributed by atoms with Crippen molar-refractivity contribution in [3.63, 3.8) is 0 Å². The van der Waals surface area contributed by atoms with E-state index in [2.05, 4.69) is 25.8 Å². The highest BCUT2D eigenvalue weighted by atomic mass is 16.5. The van der Waals surface area contributed by atoms with Crippen LogP contribution < -0.4 is 5.32 Å². The van der Waals surface area contributed by atoms with E-state index in [1.807, 2.05) is 0 Å². The molecular formula is C10H12N6O2. The van der Waals surface area contributed by atoms with Crippen molar-refractivity contribution < 1.29 is 9.53 Å². The lowest BCUT2D eigenvalue weighted by Crippen LogP contribution is -2.18. The van der Waals surface area contributed by atoms with Crippen molar-refractivity contribution in [2.24, 2.45) is 0 Å². The van der Waals surface area contributed by atoms with Crippen LogP contribution in [0.1, 0.15) is 10.5 Å². The second-order valence-electron chi connectivity index (χ2n) is 3.39. The molecule has 0 aromatic carbocycles. The summed E-state index contributed by atoms with van der Waals surface area (Å²) in [6.07, 6.45) is 1.54. The molecule has 0 radical (unpaired) electrons. The maximum Gasteiger partial charge on any atom is 0.276 e. The number of aromatic nitrogens is 5. The lowest BCUT2D eigenvalue weighted by atomic mass is 10.3. The summed E-state index contributed by atoms with van der Waals surface area (Å²) in [5.41, 5.74) is 0.304. The molecule has 0 aliphatic heterocycles. The van der Waals surface area contributed by atoms with Crippen LogP contribution in [-0.2, 0) is 11.3 Å². The van der Waals surface area contributed by atoms with Gasteiger partial charge in [-0.15, -0.1) is 0 Å². The minimum Gasteiger partial charge on any atom is -0.383 e. The summed E-state index contributed by atoms with van der Waals surface area (Å²) in [5.74, 6) is -0.0910. The topological polar surface area (TPSA) is 94.8 Å². The summed E-state index contributed by atoms with van der Waals surface area (Å²) < 4.78 is 6.37. The van der Waals surface area contributed by atoms with E-state index in [1.165, 1.54) is 4.68 Å². The van der Waals surface area contributed by atoms with Gasteiger partial charge in [0.15, 0.2) is 0 Å². The molecule has 2 aromatic rings. The summed E-state index contributed by atoms with van der Waals surface area (Å²) in [7, 11) is 1.58. The minimum atomic E-state index is -0.357. The van der Waals surface area contributed by atoms with Crippen molar-refractivity contribution >= 4 is 11.9 Å². The van der Waals surface area contributed by atoms with Crippen molar-refractivity contribution in [1.29, 1.82) is 0 Å². The molecule has 1 N–H and O–H groups in total. The molecule has 0 atom stereocenters. The van der Waals surface area contributed by atoms with Crippen molar-refractivity contribution in [3.8, 4) is 0 Å². The maximum absolute atomic E-state index is 11.8. The predicted molar refractivity (Wildman–Crippen MR) is 61.9 cm³/mol. The molecule has 2 heterocycles. The number of pyridine rings is 1. The Morgan fingerprint density at radius 2 is 2.39 bits per heavy atom. The Hall–Kier alpha value is -2.35. The van der Waals surface area contributed by atoms with Crippen molar-refractivity contribution in [1.82, 2.24) is 25.2 Å². The van der Waals surface area contributed by atoms with Gasteiger partial charge in [-0.1, -0.05) is 11.2 Å². The number of carbonyl (C=O) groups excluding carboxylic acids is 1. The second kappa shape index (κ2) is 5.82. The number of nitrogens with one attached hydrogen (secondary N) is 1. The van der Waals surface area contributed by atoms with Gasteiger partial charge in [0.2, 0.25) is 5.95 Å². The van der Waals surface area contributed by atoms with E-state index in [9.17, 15) is 4.79 Å². The number of nitrogens with zero attached hydrogens (tertiary/aromatic N) is 5. The van der Waals surface area contributed by atoms with Gasteiger partial charge < -0.3 is 4.74 Å². The zero-order valence-corrected chi connectivity index (χ0v) is 9.78. The Morgan fingerprint density at radius 3 is 3.11 bits per heavy atom. The second-order valence-corrected chi connectivity index (χ2v) is 3.39. The van der Waals surface area contributed by atoms with Gasteiger partial charge in [-0.25, -0.2) is 4.68 Å². The van der Waals surface area contributed by atoms with Gasteiger partial charge in [0.1, 0.15) is 5.69 Å². The van der Waals surface area contributed by atoms with Gasteiger partial charge in [-0.05, 0) is 22.6 Å². The lowest BCUT2D eigenvalue weighted by molar-refractivity contribution is 0.102. The van der Waals surface area contributed by atoms with Crippen LogP contribution in [0.15, 0.2) is 24.4 Å². The summed E-state index contributed by atoms with van der Waals surface area (Å²) >= 11 is 0. The summed E-state index contributed by atoms with van der Waals surface area (Å²) in [6.45, 7) is 0.916. The number of anilines is 1. The molecule has 0 saturated heterocycles. The van der Waals surface area contributed by atoms with Crippen molar-refractivity contribution in [2.45, 2.75) is 6.54 Å². The third-order valence-electron chi connectivity index (χ3n) is 2.16. The highest BCUT2D eigenvalue weighted by molar-refractivity contribution is 6.01. The number of carbonyl (C=O) groups is 1. The smallest absolute Gasteiger partial charge is 0.276 e. The number of methoxy groups -OCH3 is 1. The Labute approximate surface area is 103 Å². The Kier molecular flexibility index (Phi) is 3.92. The van der Waals surface area contributed by atoms with Crippen LogP contribution in [0.3, 0.4) is 0 Å². The van der Waals surface area contributed by atoms with Gasteiger partial charge in [0.25, 0.3) is 5.91 Å². The molecule has 0 aliphatic rings. The van der Waals surface area contributed by atoms with Crippen LogP contribution in [-0.4, -0.2) is 44.8 Å².